The van der Waals surface area contributed by atoms with Gasteiger partial charge in [0.2, 0.25) is 0 Å². The molecular formula is C21H44OSi2. The van der Waals surface area contributed by atoms with E-state index < -0.39 is 9.04 Å². The zero-order valence-corrected chi connectivity index (χ0v) is 20.1. The maximum atomic E-state index is 6.86. The lowest BCUT2D eigenvalue weighted by Gasteiger charge is -2.48. The Balaban J connectivity index is 2.26. The Morgan fingerprint density at radius 2 is 1.21 bits per heavy atom. The van der Waals surface area contributed by atoms with Gasteiger partial charge in [0, 0.05) is 0 Å². The lowest BCUT2D eigenvalue weighted by molar-refractivity contribution is 0.193. The molecule has 0 radical (unpaired) electrons. The summed E-state index contributed by atoms with van der Waals surface area (Å²) in [6.45, 7) is 17.3. The lowest BCUT2D eigenvalue weighted by Crippen LogP contribution is -2.44. The standard InChI is InChI=1S/C21H44OSi2/c1-14(2)18-10-8-16(5)12-20(18)24(22-23-7)21-13-17(6)9-11-19(21)15(3)4/h14-21,24H,8-13,23H2,1-7H3. The van der Waals surface area contributed by atoms with Crippen molar-refractivity contribution in [1.29, 1.82) is 0 Å². The third kappa shape index (κ3) is 4.97. The van der Waals surface area contributed by atoms with Gasteiger partial charge in [0.25, 0.3) is 0 Å². The predicted molar refractivity (Wildman–Crippen MR) is 113 cm³/mol. The van der Waals surface area contributed by atoms with Crippen LogP contribution in [0.1, 0.15) is 80.1 Å². The quantitative estimate of drug-likeness (QED) is 0.540. The van der Waals surface area contributed by atoms with Crippen LogP contribution < -0.4 is 0 Å². The number of hydrogen-bond donors (Lipinski definition) is 0. The summed E-state index contributed by atoms with van der Waals surface area (Å²) in [6.07, 6.45) is 8.80. The van der Waals surface area contributed by atoms with Crippen LogP contribution in [0.2, 0.25) is 17.6 Å². The van der Waals surface area contributed by atoms with Crippen molar-refractivity contribution in [1.82, 2.24) is 0 Å². The predicted octanol–water partition coefficient (Wildman–Crippen LogP) is 5.78. The normalized spacial score (nSPS) is 39.9. The summed E-state index contributed by atoms with van der Waals surface area (Å²) >= 11 is 0. The van der Waals surface area contributed by atoms with E-state index >= 15 is 0 Å². The first kappa shape index (κ1) is 20.7. The first-order chi connectivity index (χ1) is 11.3. The molecule has 2 fully saturated rings. The fourth-order valence-electron chi connectivity index (χ4n) is 6.06. The van der Waals surface area contributed by atoms with Crippen LogP contribution in [0.15, 0.2) is 0 Å². The maximum absolute atomic E-state index is 6.86. The van der Waals surface area contributed by atoms with Gasteiger partial charge in [-0.3, -0.25) is 0 Å². The molecule has 3 heteroatoms. The van der Waals surface area contributed by atoms with Gasteiger partial charge in [-0.25, -0.2) is 0 Å². The van der Waals surface area contributed by atoms with Crippen molar-refractivity contribution >= 4 is 18.8 Å². The van der Waals surface area contributed by atoms with Gasteiger partial charge >= 0.3 is 0 Å². The second kappa shape index (κ2) is 9.36. The zero-order chi connectivity index (χ0) is 17.9. The summed E-state index contributed by atoms with van der Waals surface area (Å²) in [6, 6.07) is 0. The average Bonchev–Trinajstić information content (AvgIpc) is 2.51. The minimum Gasteiger partial charge on any atom is -0.462 e. The molecule has 0 aliphatic heterocycles. The smallest absolute Gasteiger partial charge is 0.169 e. The molecule has 0 N–H and O–H groups in total. The van der Waals surface area contributed by atoms with E-state index in [0.29, 0.717) is 0 Å². The minimum absolute atomic E-state index is 0.290. The van der Waals surface area contributed by atoms with Crippen molar-refractivity contribution in [3.63, 3.8) is 0 Å². The molecule has 142 valence electrons. The van der Waals surface area contributed by atoms with Gasteiger partial charge in [-0.2, -0.15) is 0 Å². The highest BCUT2D eigenvalue weighted by molar-refractivity contribution is 6.61. The van der Waals surface area contributed by atoms with E-state index in [9.17, 15) is 0 Å². The molecule has 0 aromatic rings. The van der Waals surface area contributed by atoms with E-state index in [1.165, 1.54) is 38.5 Å². The summed E-state index contributed by atoms with van der Waals surface area (Å²) in [4.78, 5) is 0. The van der Waals surface area contributed by atoms with E-state index in [4.69, 9.17) is 4.12 Å². The molecule has 2 aliphatic carbocycles. The van der Waals surface area contributed by atoms with Crippen molar-refractivity contribution in [3.8, 4) is 0 Å². The van der Waals surface area contributed by atoms with Crippen molar-refractivity contribution in [2.45, 2.75) is 97.7 Å². The van der Waals surface area contributed by atoms with Crippen LogP contribution in [0, 0.1) is 35.5 Å². The molecular weight excluding hydrogens is 324 g/mol. The summed E-state index contributed by atoms with van der Waals surface area (Å²) in [5.74, 6) is 5.45. The highest BCUT2D eigenvalue weighted by Gasteiger charge is 2.45. The Morgan fingerprint density at radius 3 is 1.54 bits per heavy atom. The van der Waals surface area contributed by atoms with Gasteiger partial charge in [0.05, 0.1) is 0 Å². The molecule has 6 unspecified atom stereocenters. The van der Waals surface area contributed by atoms with Crippen LogP contribution in [0.3, 0.4) is 0 Å². The topological polar surface area (TPSA) is 9.23 Å². The zero-order valence-electron chi connectivity index (χ0n) is 17.6. The average molecular weight is 369 g/mol. The van der Waals surface area contributed by atoms with Crippen LogP contribution in [-0.4, -0.2) is 18.8 Å². The summed E-state index contributed by atoms with van der Waals surface area (Å²) in [7, 11) is -1.43. The third-order valence-electron chi connectivity index (χ3n) is 7.35. The van der Waals surface area contributed by atoms with Crippen molar-refractivity contribution in [2.24, 2.45) is 35.5 Å². The van der Waals surface area contributed by atoms with Gasteiger partial charge in [-0.05, 0) is 72.3 Å². The van der Waals surface area contributed by atoms with Crippen LogP contribution in [0.25, 0.3) is 0 Å². The molecule has 0 saturated heterocycles. The van der Waals surface area contributed by atoms with Gasteiger partial charge < -0.3 is 4.12 Å². The summed E-state index contributed by atoms with van der Waals surface area (Å²) < 4.78 is 6.86. The Kier molecular flexibility index (Phi) is 8.08. The molecule has 24 heavy (non-hydrogen) atoms. The van der Waals surface area contributed by atoms with Gasteiger partial charge in [0.1, 0.15) is 9.76 Å². The molecule has 1 nitrogen and oxygen atoms in total. The largest absolute Gasteiger partial charge is 0.462 e. The fourth-order valence-corrected chi connectivity index (χ4v) is 13.9. The molecule has 2 aliphatic rings. The lowest BCUT2D eigenvalue weighted by atomic mass is 9.76. The first-order valence-corrected chi connectivity index (χ1v) is 14.8. The van der Waals surface area contributed by atoms with Crippen LogP contribution in [0.4, 0.5) is 0 Å². The molecule has 0 spiro atoms. The molecule has 0 aromatic heterocycles. The van der Waals surface area contributed by atoms with Gasteiger partial charge in [-0.15, -0.1) is 0 Å². The molecule has 2 rings (SSSR count). The Hall–Kier alpha value is 0.394. The molecule has 6 atom stereocenters. The maximum Gasteiger partial charge on any atom is 0.169 e. The monoisotopic (exact) mass is 368 g/mol. The number of hydrogen-bond acceptors (Lipinski definition) is 1. The Morgan fingerprint density at radius 1 is 0.792 bits per heavy atom. The molecule has 0 amide bonds. The second-order valence-corrected chi connectivity index (χ2v) is 14.5. The van der Waals surface area contributed by atoms with E-state index in [0.717, 1.165) is 46.6 Å². The minimum atomic E-state index is -1.14. The molecule has 0 heterocycles. The van der Waals surface area contributed by atoms with E-state index in [1.807, 2.05) is 0 Å². The highest BCUT2D eigenvalue weighted by atomic mass is 28.3. The summed E-state index contributed by atoms with van der Waals surface area (Å²) in [5.41, 5.74) is 1.91. The molecule has 0 bridgehead atoms. The molecule has 0 aromatic carbocycles. The number of rotatable bonds is 6. The third-order valence-corrected chi connectivity index (χ3v) is 13.4. The van der Waals surface area contributed by atoms with Crippen LogP contribution in [0.5, 0.6) is 0 Å². The van der Waals surface area contributed by atoms with Gasteiger partial charge in [-0.1, -0.05) is 60.9 Å². The fraction of sp³-hybridized carbons (Fsp3) is 1.00. The van der Waals surface area contributed by atoms with E-state index in [1.54, 1.807) is 0 Å². The first-order valence-electron chi connectivity index (χ1n) is 11.0. The Bertz CT molecular complexity index is 339. The van der Waals surface area contributed by atoms with E-state index in [2.05, 4.69) is 48.1 Å². The van der Waals surface area contributed by atoms with Crippen LogP contribution in [-0.2, 0) is 4.12 Å². The van der Waals surface area contributed by atoms with Gasteiger partial charge in [0.15, 0.2) is 9.04 Å². The summed E-state index contributed by atoms with van der Waals surface area (Å²) in [5, 5.41) is 0. The highest BCUT2D eigenvalue weighted by Crippen LogP contribution is 2.52. The van der Waals surface area contributed by atoms with Crippen molar-refractivity contribution < 1.29 is 4.12 Å². The second-order valence-electron chi connectivity index (χ2n) is 9.90. The molecule has 2 saturated carbocycles. The van der Waals surface area contributed by atoms with Crippen molar-refractivity contribution in [2.75, 3.05) is 0 Å². The Labute approximate surface area is 156 Å². The van der Waals surface area contributed by atoms with Crippen LogP contribution >= 0.6 is 0 Å². The van der Waals surface area contributed by atoms with E-state index in [-0.39, 0.29) is 9.76 Å². The SMILES string of the molecule is C[SiH2]O[SiH](C1CC(C)CCC1C(C)C)C1CC(C)CCC1C(C)C. The van der Waals surface area contributed by atoms with Crippen molar-refractivity contribution in [3.05, 3.63) is 0 Å².